The average Bonchev–Trinajstić information content (AvgIpc) is 2.93. The maximum absolute atomic E-state index is 11.9. The zero-order valence-electron chi connectivity index (χ0n) is 11.9. The molecule has 0 radical (unpaired) electrons. The number of rotatable bonds is 6. The van der Waals surface area contributed by atoms with Gasteiger partial charge in [0.25, 0.3) is 0 Å². The highest BCUT2D eigenvalue weighted by Gasteiger charge is 2.16. The van der Waals surface area contributed by atoms with Crippen LogP contribution in [0.3, 0.4) is 0 Å². The van der Waals surface area contributed by atoms with Gasteiger partial charge in [-0.15, -0.1) is 0 Å². The molecule has 0 amide bonds. The molecule has 1 aromatic heterocycles. The third kappa shape index (κ3) is 3.63. The summed E-state index contributed by atoms with van der Waals surface area (Å²) in [7, 11) is -0.407. The van der Waals surface area contributed by atoms with Crippen molar-refractivity contribution in [2.75, 3.05) is 19.4 Å². The van der Waals surface area contributed by atoms with Gasteiger partial charge in [-0.25, -0.2) is 12.7 Å². The quantitative estimate of drug-likeness (QED) is 0.847. The fourth-order valence-electron chi connectivity index (χ4n) is 1.75. The largest absolute Gasteiger partial charge is 0.462 e. The van der Waals surface area contributed by atoms with Crippen LogP contribution in [0.2, 0.25) is 0 Å². The maximum atomic E-state index is 11.9. The number of aliphatic hydroxyl groups is 1. The normalized spacial score (nSPS) is 11.8. The van der Waals surface area contributed by atoms with Crippen LogP contribution < -0.4 is 5.32 Å². The number of aliphatic hydroxyl groups excluding tert-OH is 1. The van der Waals surface area contributed by atoms with Crippen molar-refractivity contribution in [2.45, 2.75) is 18.0 Å². The van der Waals surface area contributed by atoms with Crippen LogP contribution in [-0.4, -0.2) is 31.9 Å². The number of hydrogen-bond acceptors (Lipinski definition) is 5. The predicted octanol–water partition coefficient (Wildman–Crippen LogP) is 1.63. The Morgan fingerprint density at radius 1 is 1.10 bits per heavy atom. The fraction of sp³-hybridized carbons (Fsp3) is 0.286. The third-order valence-electron chi connectivity index (χ3n) is 2.97. The molecule has 2 aromatic rings. The lowest BCUT2D eigenvalue weighted by molar-refractivity contribution is 0.244. The first kappa shape index (κ1) is 15.6. The SMILES string of the molecule is CN(C)S(=O)(=O)c1ccc(NCc2ccc(CO)o2)cc1. The van der Waals surface area contributed by atoms with Gasteiger partial charge < -0.3 is 14.8 Å². The summed E-state index contributed by atoms with van der Waals surface area (Å²) in [5.74, 6) is 1.21. The average molecular weight is 310 g/mol. The number of furan rings is 1. The van der Waals surface area contributed by atoms with Crippen molar-refractivity contribution in [3.8, 4) is 0 Å². The van der Waals surface area contributed by atoms with E-state index in [1.165, 1.54) is 18.4 Å². The van der Waals surface area contributed by atoms with Crippen LogP contribution in [0, 0.1) is 0 Å². The van der Waals surface area contributed by atoms with Crippen LogP contribution in [0.1, 0.15) is 11.5 Å². The summed E-state index contributed by atoms with van der Waals surface area (Å²) < 4.78 is 30.4. The highest BCUT2D eigenvalue weighted by Crippen LogP contribution is 2.17. The molecule has 1 heterocycles. The molecule has 6 nitrogen and oxygen atoms in total. The van der Waals surface area contributed by atoms with Gasteiger partial charge in [0.2, 0.25) is 10.0 Å². The Labute approximate surface area is 124 Å². The molecule has 0 saturated carbocycles. The van der Waals surface area contributed by atoms with Crippen LogP contribution in [0.25, 0.3) is 0 Å². The van der Waals surface area contributed by atoms with E-state index in [0.29, 0.717) is 18.1 Å². The van der Waals surface area contributed by atoms with Crippen molar-refractivity contribution in [3.63, 3.8) is 0 Å². The minimum absolute atomic E-state index is 0.128. The molecule has 2 N–H and O–H groups in total. The van der Waals surface area contributed by atoms with Crippen molar-refractivity contribution in [3.05, 3.63) is 47.9 Å². The van der Waals surface area contributed by atoms with E-state index in [0.717, 1.165) is 5.69 Å². The van der Waals surface area contributed by atoms with Crippen molar-refractivity contribution < 1.29 is 17.9 Å². The molecule has 0 spiro atoms. The Balaban J connectivity index is 2.03. The number of sulfonamides is 1. The molecule has 21 heavy (non-hydrogen) atoms. The topological polar surface area (TPSA) is 82.8 Å². The molecule has 2 rings (SSSR count). The maximum Gasteiger partial charge on any atom is 0.242 e. The summed E-state index contributed by atoms with van der Waals surface area (Å²) in [6, 6.07) is 10.0. The smallest absolute Gasteiger partial charge is 0.242 e. The monoisotopic (exact) mass is 310 g/mol. The van der Waals surface area contributed by atoms with E-state index in [4.69, 9.17) is 9.52 Å². The molecule has 0 fully saturated rings. The van der Waals surface area contributed by atoms with Crippen LogP contribution in [0.5, 0.6) is 0 Å². The molecular weight excluding hydrogens is 292 g/mol. The zero-order valence-corrected chi connectivity index (χ0v) is 12.7. The van der Waals surface area contributed by atoms with E-state index in [9.17, 15) is 8.42 Å². The number of benzene rings is 1. The highest BCUT2D eigenvalue weighted by molar-refractivity contribution is 7.89. The Hall–Kier alpha value is -1.83. The second-order valence-corrected chi connectivity index (χ2v) is 6.84. The van der Waals surface area contributed by atoms with Gasteiger partial charge in [-0.3, -0.25) is 0 Å². The van der Waals surface area contributed by atoms with E-state index in [1.54, 1.807) is 36.4 Å². The van der Waals surface area contributed by atoms with Gasteiger partial charge in [0.15, 0.2) is 0 Å². The van der Waals surface area contributed by atoms with Gasteiger partial charge in [0.05, 0.1) is 11.4 Å². The van der Waals surface area contributed by atoms with Gasteiger partial charge in [0, 0.05) is 19.8 Å². The lowest BCUT2D eigenvalue weighted by Gasteiger charge is -2.12. The van der Waals surface area contributed by atoms with E-state index >= 15 is 0 Å². The summed E-state index contributed by atoms with van der Waals surface area (Å²) in [5, 5.41) is 12.0. The minimum atomic E-state index is -3.40. The summed E-state index contributed by atoms with van der Waals surface area (Å²) in [5.41, 5.74) is 0.787. The van der Waals surface area contributed by atoms with Crippen molar-refractivity contribution in [1.82, 2.24) is 4.31 Å². The third-order valence-corrected chi connectivity index (χ3v) is 4.80. The zero-order chi connectivity index (χ0) is 15.5. The molecular formula is C14H18N2O4S. The number of hydrogen-bond donors (Lipinski definition) is 2. The summed E-state index contributed by atoms with van der Waals surface area (Å²) in [4.78, 5) is 0.249. The van der Waals surface area contributed by atoms with E-state index in [-0.39, 0.29) is 11.5 Å². The molecule has 0 bridgehead atoms. The van der Waals surface area contributed by atoms with Crippen LogP contribution in [0.4, 0.5) is 5.69 Å². The number of nitrogens with zero attached hydrogens (tertiary/aromatic N) is 1. The summed E-state index contributed by atoms with van der Waals surface area (Å²) >= 11 is 0. The molecule has 0 atom stereocenters. The van der Waals surface area contributed by atoms with E-state index in [1.807, 2.05) is 0 Å². The Morgan fingerprint density at radius 3 is 2.24 bits per heavy atom. The molecule has 7 heteroatoms. The first-order valence-corrected chi connectivity index (χ1v) is 7.82. The standard InChI is InChI=1S/C14H18N2O4S/c1-16(2)21(18,19)14-7-3-11(4-8-14)15-9-12-5-6-13(10-17)20-12/h3-8,15,17H,9-10H2,1-2H3. The predicted molar refractivity (Wildman–Crippen MR) is 79.3 cm³/mol. The van der Waals surface area contributed by atoms with Gasteiger partial charge >= 0.3 is 0 Å². The number of nitrogens with one attached hydrogen (secondary N) is 1. The molecule has 114 valence electrons. The summed E-state index contributed by atoms with van der Waals surface area (Å²) in [6.07, 6.45) is 0. The van der Waals surface area contributed by atoms with E-state index in [2.05, 4.69) is 5.32 Å². The van der Waals surface area contributed by atoms with Crippen molar-refractivity contribution in [2.24, 2.45) is 0 Å². The second-order valence-electron chi connectivity index (χ2n) is 4.69. The second kappa shape index (κ2) is 6.30. The van der Waals surface area contributed by atoms with Crippen molar-refractivity contribution in [1.29, 1.82) is 0 Å². The molecule has 0 saturated heterocycles. The minimum Gasteiger partial charge on any atom is -0.462 e. The highest BCUT2D eigenvalue weighted by atomic mass is 32.2. The summed E-state index contributed by atoms with van der Waals surface area (Å²) in [6.45, 7) is 0.330. The van der Waals surface area contributed by atoms with Crippen LogP contribution >= 0.6 is 0 Å². The van der Waals surface area contributed by atoms with Crippen LogP contribution in [0.15, 0.2) is 45.7 Å². The lowest BCUT2D eigenvalue weighted by atomic mass is 10.3. The first-order valence-electron chi connectivity index (χ1n) is 6.38. The molecule has 1 aromatic carbocycles. The van der Waals surface area contributed by atoms with Gasteiger partial charge in [-0.2, -0.15) is 0 Å². The van der Waals surface area contributed by atoms with Gasteiger partial charge in [-0.1, -0.05) is 0 Å². The number of anilines is 1. The Kier molecular flexibility index (Phi) is 4.66. The molecule has 0 unspecified atom stereocenters. The Morgan fingerprint density at radius 2 is 1.71 bits per heavy atom. The van der Waals surface area contributed by atoms with Gasteiger partial charge in [-0.05, 0) is 36.4 Å². The first-order chi connectivity index (χ1) is 9.93. The molecule has 0 aliphatic heterocycles. The van der Waals surface area contributed by atoms with Crippen molar-refractivity contribution >= 4 is 15.7 Å². The van der Waals surface area contributed by atoms with Crippen LogP contribution in [-0.2, 0) is 23.2 Å². The van der Waals surface area contributed by atoms with Gasteiger partial charge in [0.1, 0.15) is 18.1 Å². The fourth-order valence-corrected chi connectivity index (χ4v) is 2.65. The molecule has 0 aliphatic carbocycles. The molecule has 0 aliphatic rings. The lowest BCUT2D eigenvalue weighted by Crippen LogP contribution is -2.22. The van der Waals surface area contributed by atoms with E-state index < -0.39 is 10.0 Å². The Bertz CT molecular complexity index is 690.